The third kappa shape index (κ3) is 5.52. The van der Waals surface area contributed by atoms with Crippen molar-refractivity contribution in [1.82, 2.24) is 9.62 Å². The van der Waals surface area contributed by atoms with E-state index in [1.54, 1.807) is 25.7 Å². The van der Waals surface area contributed by atoms with Crippen LogP contribution in [0.4, 0.5) is 0 Å². The lowest BCUT2D eigenvalue weighted by Crippen LogP contribution is -2.41. The minimum atomic E-state index is -3.13. The van der Waals surface area contributed by atoms with Gasteiger partial charge in [0.15, 0.2) is 0 Å². The van der Waals surface area contributed by atoms with E-state index in [9.17, 15) is 8.42 Å². The van der Waals surface area contributed by atoms with Crippen LogP contribution in [0.3, 0.4) is 0 Å². The fourth-order valence-corrected chi connectivity index (χ4v) is 3.10. The normalized spacial score (nSPS) is 14.3. The van der Waals surface area contributed by atoms with Gasteiger partial charge in [-0.05, 0) is 26.1 Å². The van der Waals surface area contributed by atoms with Crippen molar-refractivity contribution in [2.24, 2.45) is 0 Å². The molecule has 0 radical (unpaired) electrons. The van der Waals surface area contributed by atoms with E-state index >= 15 is 0 Å². The van der Waals surface area contributed by atoms with Crippen molar-refractivity contribution in [3.8, 4) is 0 Å². The van der Waals surface area contributed by atoms with E-state index < -0.39 is 10.0 Å². The first kappa shape index (κ1) is 16.2. The maximum atomic E-state index is 12.0. The van der Waals surface area contributed by atoms with Gasteiger partial charge in [-0.25, -0.2) is 12.7 Å². The van der Waals surface area contributed by atoms with Crippen molar-refractivity contribution in [2.45, 2.75) is 25.5 Å². The van der Waals surface area contributed by atoms with E-state index in [0.29, 0.717) is 13.1 Å². The summed E-state index contributed by atoms with van der Waals surface area (Å²) >= 11 is 1.66. The average molecular weight is 268 g/mol. The molecule has 0 spiro atoms. The minimum absolute atomic E-state index is 0.356. The Morgan fingerprint density at radius 2 is 2.06 bits per heavy atom. The first-order valence-electron chi connectivity index (χ1n) is 5.61. The molecule has 16 heavy (non-hydrogen) atoms. The number of nitrogens with one attached hydrogen (secondary N) is 1. The second-order valence-corrected chi connectivity index (χ2v) is 7.32. The summed E-state index contributed by atoms with van der Waals surface area (Å²) in [6.07, 6.45) is 3.00. The van der Waals surface area contributed by atoms with Gasteiger partial charge in [0.25, 0.3) is 0 Å². The Morgan fingerprint density at radius 1 is 1.44 bits per heavy atom. The van der Waals surface area contributed by atoms with Gasteiger partial charge in [-0.15, -0.1) is 0 Å². The molecule has 1 unspecified atom stereocenters. The molecule has 1 N–H and O–H groups in total. The van der Waals surface area contributed by atoms with Gasteiger partial charge in [0.05, 0.1) is 5.25 Å². The predicted octanol–water partition coefficient (Wildman–Crippen LogP) is 0.999. The molecule has 0 aliphatic heterocycles. The average Bonchev–Trinajstić information content (AvgIpc) is 2.25. The summed E-state index contributed by atoms with van der Waals surface area (Å²) < 4.78 is 25.5. The molecule has 0 aromatic rings. The van der Waals surface area contributed by atoms with Crippen LogP contribution in [0.2, 0.25) is 0 Å². The van der Waals surface area contributed by atoms with E-state index in [1.807, 2.05) is 6.26 Å². The maximum absolute atomic E-state index is 12.0. The van der Waals surface area contributed by atoms with Crippen molar-refractivity contribution in [1.29, 1.82) is 0 Å². The minimum Gasteiger partial charge on any atom is -0.315 e. The quantitative estimate of drug-likeness (QED) is 0.634. The highest BCUT2D eigenvalue weighted by atomic mass is 32.2. The molecule has 0 heterocycles. The number of hydrogen-bond acceptors (Lipinski definition) is 4. The van der Waals surface area contributed by atoms with Crippen LogP contribution in [-0.4, -0.2) is 56.7 Å². The van der Waals surface area contributed by atoms with Crippen molar-refractivity contribution in [3.63, 3.8) is 0 Å². The van der Waals surface area contributed by atoms with Crippen molar-refractivity contribution >= 4 is 21.8 Å². The van der Waals surface area contributed by atoms with Gasteiger partial charge in [-0.1, -0.05) is 6.92 Å². The number of thioether (sulfide) groups is 1. The molecule has 0 amide bonds. The highest BCUT2D eigenvalue weighted by Crippen LogP contribution is 2.07. The van der Waals surface area contributed by atoms with Crippen LogP contribution >= 0.6 is 11.8 Å². The topological polar surface area (TPSA) is 49.4 Å². The van der Waals surface area contributed by atoms with E-state index in [-0.39, 0.29) is 5.25 Å². The van der Waals surface area contributed by atoms with Gasteiger partial charge < -0.3 is 5.32 Å². The molecule has 0 rings (SSSR count). The molecule has 0 saturated carbocycles. The lowest BCUT2D eigenvalue weighted by Gasteiger charge is -2.21. The van der Waals surface area contributed by atoms with Gasteiger partial charge in [-0.2, -0.15) is 11.8 Å². The number of rotatable bonds is 9. The molecule has 0 aromatic carbocycles. The maximum Gasteiger partial charge on any atom is 0.217 e. The monoisotopic (exact) mass is 268 g/mol. The molecule has 0 aliphatic rings. The molecular weight excluding hydrogens is 244 g/mol. The first-order chi connectivity index (χ1) is 7.46. The zero-order chi connectivity index (χ0) is 12.6. The van der Waals surface area contributed by atoms with Gasteiger partial charge in [0.1, 0.15) is 0 Å². The Balaban J connectivity index is 4.18. The lowest BCUT2D eigenvalue weighted by molar-refractivity contribution is 0.473. The Bertz CT molecular complexity index is 268. The van der Waals surface area contributed by atoms with Crippen molar-refractivity contribution in [3.05, 3.63) is 0 Å². The molecular formula is C10H24N2O2S2. The molecule has 6 heteroatoms. The van der Waals surface area contributed by atoms with Gasteiger partial charge >= 0.3 is 0 Å². The Kier molecular flexibility index (Phi) is 8.45. The smallest absolute Gasteiger partial charge is 0.217 e. The summed E-state index contributed by atoms with van der Waals surface area (Å²) in [6.45, 7) is 5.81. The summed E-state index contributed by atoms with van der Waals surface area (Å²) in [5.74, 6) is 0.838. The molecule has 0 aromatic heterocycles. The summed E-state index contributed by atoms with van der Waals surface area (Å²) in [5.41, 5.74) is 0. The van der Waals surface area contributed by atoms with Crippen LogP contribution in [0.5, 0.6) is 0 Å². The van der Waals surface area contributed by atoms with Crippen LogP contribution in [0.1, 0.15) is 20.3 Å². The fraction of sp³-hybridized carbons (Fsp3) is 1.00. The van der Waals surface area contributed by atoms with Crippen LogP contribution in [0.25, 0.3) is 0 Å². The zero-order valence-corrected chi connectivity index (χ0v) is 12.3. The van der Waals surface area contributed by atoms with E-state index in [0.717, 1.165) is 18.7 Å². The van der Waals surface area contributed by atoms with Gasteiger partial charge in [-0.3, -0.25) is 0 Å². The fourth-order valence-electron chi connectivity index (χ4n) is 1.24. The van der Waals surface area contributed by atoms with Crippen LogP contribution in [0.15, 0.2) is 0 Å². The largest absolute Gasteiger partial charge is 0.315 e. The van der Waals surface area contributed by atoms with E-state index in [1.165, 1.54) is 4.31 Å². The van der Waals surface area contributed by atoms with Crippen molar-refractivity contribution in [2.75, 3.05) is 38.7 Å². The van der Waals surface area contributed by atoms with Crippen LogP contribution in [-0.2, 0) is 10.0 Å². The number of sulfonamides is 1. The summed E-state index contributed by atoms with van der Waals surface area (Å²) in [7, 11) is -1.48. The van der Waals surface area contributed by atoms with Gasteiger partial charge in [0, 0.05) is 25.9 Å². The summed E-state index contributed by atoms with van der Waals surface area (Å²) in [5, 5.41) is 2.79. The summed E-state index contributed by atoms with van der Waals surface area (Å²) in [6, 6.07) is 0. The number of nitrogens with zero attached hydrogens (tertiary/aromatic N) is 1. The van der Waals surface area contributed by atoms with E-state index in [4.69, 9.17) is 0 Å². The standard InChI is InChI=1S/C10H24N2O2S2/c1-5-6-11-9-10(2)16(13,14)12(3)7-8-15-4/h10-11H,5-9H2,1-4H3. The number of hydrogen-bond donors (Lipinski definition) is 1. The lowest BCUT2D eigenvalue weighted by atomic mass is 10.4. The molecule has 98 valence electrons. The molecule has 0 aliphatic carbocycles. The Morgan fingerprint density at radius 3 is 2.56 bits per heavy atom. The Labute approximate surface area is 104 Å². The molecule has 0 fully saturated rings. The third-order valence-corrected chi connectivity index (χ3v) is 5.24. The van der Waals surface area contributed by atoms with E-state index in [2.05, 4.69) is 12.2 Å². The third-order valence-electron chi connectivity index (χ3n) is 2.41. The summed E-state index contributed by atoms with van der Waals surface area (Å²) in [4.78, 5) is 0. The van der Waals surface area contributed by atoms with Gasteiger partial charge in [0.2, 0.25) is 10.0 Å². The highest BCUT2D eigenvalue weighted by Gasteiger charge is 2.24. The molecule has 1 atom stereocenters. The predicted molar refractivity (Wildman–Crippen MR) is 72.6 cm³/mol. The highest BCUT2D eigenvalue weighted by molar-refractivity contribution is 7.98. The van der Waals surface area contributed by atoms with Crippen molar-refractivity contribution < 1.29 is 8.42 Å². The second-order valence-electron chi connectivity index (χ2n) is 3.87. The first-order valence-corrected chi connectivity index (χ1v) is 8.51. The SMILES string of the molecule is CCCNCC(C)S(=O)(=O)N(C)CCSC. The zero-order valence-electron chi connectivity index (χ0n) is 10.7. The van der Waals surface area contributed by atoms with Crippen LogP contribution in [0, 0.1) is 0 Å². The molecule has 0 bridgehead atoms. The second kappa shape index (κ2) is 8.33. The molecule has 0 saturated heterocycles. The Hall–Kier alpha value is 0.220. The molecule has 4 nitrogen and oxygen atoms in total. The van der Waals surface area contributed by atoms with Crippen LogP contribution < -0.4 is 5.32 Å².